The second-order valence-electron chi connectivity index (χ2n) is 6.88. The maximum Gasteiger partial charge on any atom is 0.312 e. The van der Waals surface area contributed by atoms with Gasteiger partial charge in [-0.15, -0.1) is 0 Å². The van der Waals surface area contributed by atoms with Crippen molar-refractivity contribution >= 4 is 23.4 Å². The summed E-state index contributed by atoms with van der Waals surface area (Å²) in [4.78, 5) is 40.3. The highest BCUT2D eigenvalue weighted by atomic mass is 16.5. The molecule has 3 rings (SSSR count). The van der Waals surface area contributed by atoms with Gasteiger partial charge in [-0.05, 0) is 18.2 Å². The fourth-order valence-electron chi connectivity index (χ4n) is 3.32. The molecule has 0 saturated carbocycles. The monoisotopic (exact) mass is 427 g/mol. The van der Waals surface area contributed by atoms with E-state index in [-0.39, 0.29) is 19.6 Å². The quantitative estimate of drug-likeness (QED) is 0.642. The van der Waals surface area contributed by atoms with Crippen molar-refractivity contribution in [1.82, 2.24) is 9.80 Å². The molecular weight excluding hydrogens is 402 g/mol. The van der Waals surface area contributed by atoms with Crippen LogP contribution >= 0.6 is 0 Å². The molecule has 9 heteroatoms. The van der Waals surface area contributed by atoms with Crippen LogP contribution in [0.1, 0.15) is 5.56 Å². The van der Waals surface area contributed by atoms with Gasteiger partial charge in [0.2, 0.25) is 5.91 Å². The Morgan fingerprint density at radius 1 is 0.903 bits per heavy atom. The molecule has 9 nitrogen and oxygen atoms in total. The maximum atomic E-state index is 12.6. The molecule has 0 unspecified atom stereocenters. The molecule has 0 bridgehead atoms. The summed E-state index contributed by atoms with van der Waals surface area (Å²) in [6.07, 6.45) is 0. The van der Waals surface area contributed by atoms with Crippen LogP contribution in [-0.2, 0) is 20.9 Å². The number of amides is 3. The van der Waals surface area contributed by atoms with Crippen LogP contribution in [0.15, 0.2) is 42.5 Å². The first kappa shape index (κ1) is 21.9. The van der Waals surface area contributed by atoms with Crippen molar-refractivity contribution in [2.75, 3.05) is 46.3 Å². The van der Waals surface area contributed by atoms with Crippen molar-refractivity contribution in [1.29, 1.82) is 0 Å². The summed E-state index contributed by atoms with van der Waals surface area (Å²) in [6, 6.07) is 12.3. The predicted molar refractivity (Wildman–Crippen MR) is 113 cm³/mol. The van der Waals surface area contributed by atoms with Crippen LogP contribution in [0.4, 0.5) is 5.69 Å². The molecule has 0 aromatic heterocycles. The van der Waals surface area contributed by atoms with Gasteiger partial charge in [-0.1, -0.05) is 18.2 Å². The number of nitrogens with one attached hydrogen (secondary N) is 1. The molecule has 3 amide bonds. The van der Waals surface area contributed by atoms with Gasteiger partial charge >= 0.3 is 11.8 Å². The largest absolute Gasteiger partial charge is 0.497 e. The van der Waals surface area contributed by atoms with Gasteiger partial charge in [-0.2, -0.15) is 0 Å². The summed E-state index contributed by atoms with van der Waals surface area (Å²) in [6.45, 7) is 0.606. The summed E-state index contributed by atoms with van der Waals surface area (Å²) in [5.41, 5.74) is 1.26. The number of rotatable bonds is 8. The highest BCUT2D eigenvalue weighted by Gasteiger charge is 2.33. The Morgan fingerprint density at radius 3 is 2.29 bits per heavy atom. The highest BCUT2D eigenvalue weighted by Crippen LogP contribution is 2.29. The van der Waals surface area contributed by atoms with E-state index in [1.807, 2.05) is 18.2 Å². The van der Waals surface area contributed by atoms with Crippen LogP contribution in [0.3, 0.4) is 0 Å². The minimum Gasteiger partial charge on any atom is -0.497 e. The number of hydrogen-bond donors (Lipinski definition) is 1. The number of methoxy groups -OCH3 is 3. The molecule has 0 aliphatic carbocycles. The summed E-state index contributed by atoms with van der Waals surface area (Å²) < 4.78 is 15.7. The zero-order valence-electron chi connectivity index (χ0n) is 17.7. The molecule has 1 saturated heterocycles. The Balaban J connectivity index is 1.61. The fourth-order valence-corrected chi connectivity index (χ4v) is 3.32. The first-order valence-electron chi connectivity index (χ1n) is 9.68. The molecular formula is C22H25N3O6. The first-order valence-corrected chi connectivity index (χ1v) is 9.68. The Kier molecular flexibility index (Phi) is 6.96. The van der Waals surface area contributed by atoms with Crippen LogP contribution < -0.4 is 19.5 Å². The van der Waals surface area contributed by atoms with Crippen LogP contribution in [-0.4, -0.2) is 68.5 Å². The third kappa shape index (κ3) is 5.06. The Labute approximate surface area is 180 Å². The van der Waals surface area contributed by atoms with Crippen molar-refractivity contribution in [2.45, 2.75) is 6.54 Å². The summed E-state index contributed by atoms with van der Waals surface area (Å²) in [5, 5.41) is 2.71. The molecule has 1 fully saturated rings. The lowest BCUT2D eigenvalue weighted by Crippen LogP contribution is -2.55. The van der Waals surface area contributed by atoms with E-state index in [9.17, 15) is 14.4 Å². The number of hydrogen-bond acceptors (Lipinski definition) is 6. The van der Waals surface area contributed by atoms with Crippen LogP contribution in [0.5, 0.6) is 17.2 Å². The normalized spacial score (nSPS) is 13.8. The molecule has 1 heterocycles. The average molecular weight is 427 g/mol. The topological polar surface area (TPSA) is 97.4 Å². The van der Waals surface area contributed by atoms with E-state index in [4.69, 9.17) is 14.2 Å². The smallest absolute Gasteiger partial charge is 0.312 e. The molecule has 31 heavy (non-hydrogen) atoms. The maximum absolute atomic E-state index is 12.6. The third-order valence-corrected chi connectivity index (χ3v) is 4.97. The van der Waals surface area contributed by atoms with E-state index in [0.29, 0.717) is 29.5 Å². The number of ether oxygens (including phenoxy) is 3. The Bertz CT molecular complexity index is 977. The minimum absolute atomic E-state index is 0.234. The molecule has 1 aliphatic heterocycles. The second-order valence-corrected chi connectivity index (χ2v) is 6.88. The molecule has 0 atom stereocenters. The lowest BCUT2D eigenvalue weighted by molar-refractivity contribution is -0.157. The number of carbonyl (C=O) groups is 3. The average Bonchev–Trinajstić information content (AvgIpc) is 2.79. The number of benzene rings is 2. The second kappa shape index (κ2) is 9.84. The van der Waals surface area contributed by atoms with Crippen molar-refractivity contribution in [3.63, 3.8) is 0 Å². The van der Waals surface area contributed by atoms with Crippen molar-refractivity contribution in [3.05, 3.63) is 48.0 Å². The van der Waals surface area contributed by atoms with E-state index in [2.05, 4.69) is 5.32 Å². The molecule has 1 N–H and O–H groups in total. The SMILES string of the molecule is COc1ccc(NC(=O)CN2CCN(Cc3ccccc3OC)C(=O)C2=O)c(OC)c1. The molecule has 1 aliphatic rings. The van der Waals surface area contributed by atoms with Gasteiger partial charge in [0.15, 0.2) is 0 Å². The van der Waals surface area contributed by atoms with Gasteiger partial charge in [0.05, 0.1) is 27.0 Å². The van der Waals surface area contributed by atoms with E-state index < -0.39 is 17.7 Å². The van der Waals surface area contributed by atoms with Crippen molar-refractivity contribution in [3.8, 4) is 17.2 Å². The van der Waals surface area contributed by atoms with Crippen molar-refractivity contribution in [2.24, 2.45) is 0 Å². The van der Waals surface area contributed by atoms with Crippen molar-refractivity contribution < 1.29 is 28.6 Å². The Morgan fingerprint density at radius 2 is 1.58 bits per heavy atom. The van der Waals surface area contributed by atoms with E-state index in [1.165, 1.54) is 24.0 Å². The molecule has 2 aromatic carbocycles. The molecule has 0 radical (unpaired) electrons. The number of nitrogens with zero attached hydrogens (tertiary/aromatic N) is 2. The highest BCUT2D eigenvalue weighted by molar-refractivity contribution is 6.35. The third-order valence-electron chi connectivity index (χ3n) is 4.97. The van der Waals surface area contributed by atoms with E-state index in [1.54, 1.807) is 31.4 Å². The standard InChI is InChI=1S/C22H25N3O6/c1-29-16-8-9-17(19(12-16)31-3)23-20(26)14-25-11-10-24(21(27)22(25)28)13-15-6-4-5-7-18(15)30-2/h4-9,12H,10-11,13-14H2,1-3H3,(H,23,26). The summed E-state index contributed by atoms with van der Waals surface area (Å²) in [5.74, 6) is -0.121. The van der Waals surface area contributed by atoms with Gasteiger partial charge in [-0.3, -0.25) is 14.4 Å². The van der Waals surface area contributed by atoms with E-state index >= 15 is 0 Å². The zero-order valence-corrected chi connectivity index (χ0v) is 17.7. The van der Waals surface area contributed by atoms with Gasteiger partial charge in [0.1, 0.15) is 23.8 Å². The lowest BCUT2D eigenvalue weighted by Gasteiger charge is -2.33. The zero-order chi connectivity index (χ0) is 22.4. The first-order chi connectivity index (χ1) is 15.0. The predicted octanol–water partition coefficient (Wildman–Crippen LogP) is 1.52. The number of anilines is 1. The van der Waals surface area contributed by atoms with E-state index in [0.717, 1.165) is 5.56 Å². The van der Waals surface area contributed by atoms with Crippen LogP contribution in [0, 0.1) is 0 Å². The minimum atomic E-state index is -0.710. The van der Waals surface area contributed by atoms with Crippen LogP contribution in [0.2, 0.25) is 0 Å². The molecule has 2 aromatic rings. The lowest BCUT2D eigenvalue weighted by atomic mass is 10.1. The summed E-state index contributed by atoms with van der Waals surface area (Å²) in [7, 11) is 4.57. The number of carbonyl (C=O) groups excluding carboxylic acids is 3. The molecule has 164 valence electrons. The van der Waals surface area contributed by atoms with Gasteiger partial charge in [-0.25, -0.2) is 0 Å². The Hall–Kier alpha value is -3.75. The fraction of sp³-hybridized carbons (Fsp3) is 0.318. The number of para-hydroxylation sites is 1. The van der Waals surface area contributed by atoms with Crippen LogP contribution in [0.25, 0.3) is 0 Å². The van der Waals surface area contributed by atoms with Gasteiger partial charge < -0.3 is 29.3 Å². The summed E-state index contributed by atoms with van der Waals surface area (Å²) >= 11 is 0. The van der Waals surface area contributed by atoms with Gasteiger partial charge in [0.25, 0.3) is 0 Å². The van der Waals surface area contributed by atoms with Gasteiger partial charge in [0, 0.05) is 31.3 Å². The molecule has 0 spiro atoms. The number of piperazine rings is 1.